The molecule has 0 saturated carbocycles. The maximum absolute atomic E-state index is 11.7. The molecule has 1 fully saturated rings. The number of imide groups is 1. The fraction of sp³-hybridized carbons (Fsp3) is 0.667. The lowest BCUT2D eigenvalue weighted by atomic mass is 10.3. The lowest BCUT2D eigenvalue weighted by Crippen LogP contribution is -2.35. The second-order valence-electron chi connectivity index (χ2n) is 3.58. The minimum absolute atomic E-state index is 0.0142. The van der Waals surface area contributed by atoms with Gasteiger partial charge in [0, 0.05) is 12.2 Å². The molecule has 17 heavy (non-hydrogen) atoms. The van der Waals surface area contributed by atoms with Crippen molar-refractivity contribution in [2.45, 2.75) is 17.7 Å². The molecule has 0 aromatic rings. The van der Waals surface area contributed by atoms with Gasteiger partial charge in [-0.1, -0.05) is 0 Å². The lowest BCUT2D eigenvalue weighted by Gasteiger charge is -2.13. The van der Waals surface area contributed by atoms with Gasteiger partial charge < -0.3 is 15.9 Å². The number of thioether (sulfide) groups is 1. The van der Waals surface area contributed by atoms with Crippen LogP contribution >= 0.6 is 11.8 Å². The van der Waals surface area contributed by atoms with E-state index in [4.69, 9.17) is 15.9 Å². The van der Waals surface area contributed by atoms with Crippen molar-refractivity contribution in [1.29, 1.82) is 0 Å². The number of rotatable bonds is 6. The molecule has 1 rings (SSSR count). The van der Waals surface area contributed by atoms with Crippen molar-refractivity contribution in [2.75, 3.05) is 18.9 Å². The van der Waals surface area contributed by atoms with Crippen LogP contribution < -0.4 is 5.73 Å². The van der Waals surface area contributed by atoms with Crippen molar-refractivity contribution < 1.29 is 24.6 Å². The maximum Gasteiger partial charge on any atom is 0.321 e. The second-order valence-corrected chi connectivity index (χ2v) is 4.81. The Morgan fingerprint density at radius 3 is 2.76 bits per heavy atom. The summed E-state index contributed by atoms with van der Waals surface area (Å²) in [5, 5.41) is 16.7. The normalized spacial score (nSPS) is 22.0. The molecule has 96 valence electrons. The zero-order valence-electron chi connectivity index (χ0n) is 9.04. The van der Waals surface area contributed by atoms with Gasteiger partial charge in [-0.15, -0.1) is 11.8 Å². The first-order valence-electron chi connectivity index (χ1n) is 5.02. The Balaban J connectivity index is 2.49. The summed E-state index contributed by atoms with van der Waals surface area (Å²) in [5.41, 5.74) is 5.30. The Hall–Kier alpha value is -1.12. The number of carbonyl (C=O) groups is 3. The van der Waals surface area contributed by atoms with Gasteiger partial charge >= 0.3 is 5.97 Å². The molecular formula is C9H14N2O5S. The molecule has 2 atom stereocenters. The number of likely N-dealkylation sites (tertiary alicyclic amines) is 1. The fourth-order valence-electron chi connectivity index (χ4n) is 1.41. The molecule has 1 heterocycles. The summed E-state index contributed by atoms with van der Waals surface area (Å²) in [6.07, 6.45) is 0.0375. The first-order valence-corrected chi connectivity index (χ1v) is 6.07. The molecule has 2 unspecified atom stereocenters. The van der Waals surface area contributed by atoms with E-state index in [0.717, 1.165) is 16.7 Å². The van der Waals surface area contributed by atoms with Crippen molar-refractivity contribution >= 4 is 29.5 Å². The minimum atomic E-state index is -1.14. The molecule has 0 aromatic carbocycles. The van der Waals surface area contributed by atoms with E-state index in [1.54, 1.807) is 0 Å². The molecule has 0 bridgehead atoms. The van der Waals surface area contributed by atoms with Gasteiger partial charge in [0.05, 0.1) is 18.4 Å². The van der Waals surface area contributed by atoms with Crippen molar-refractivity contribution in [3.05, 3.63) is 0 Å². The molecular weight excluding hydrogens is 248 g/mol. The monoisotopic (exact) mass is 262 g/mol. The van der Waals surface area contributed by atoms with Gasteiger partial charge in [0.25, 0.3) is 0 Å². The number of carboxylic acid groups (broad SMARTS) is 1. The van der Waals surface area contributed by atoms with Crippen molar-refractivity contribution in [2.24, 2.45) is 5.73 Å². The van der Waals surface area contributed by atoms with Crippen LogP contribution in [0.5, 0.6) is 0 Å². The van der Waals surface area contributed by atoms with E-state index in [9.17, 15) is 14.4 Å². The Kier molecular flexibility index (Phi) is 4.91. The molecule has 0 radical (unpaired) electrons. The number of β-amino-alcohol motifs (C(OH)–C–C–N with tert-alkyl or cyclic N) is 1. The van der Waals surface area contributed by atoms with E-state index in [0.29, 0.717) is 0 Å². The van der Waals surface area contributed by atoms with Crippen molar-refractivity contribution in [3.63, 3.8) is 0 Å². The third-order valence-corrected chi connectivity index (χ3v) is 3.64. The number of aliphatic carboxylic acids is 1. The van der Waals surface area contributed by atoms with Gasteiger partial charge in [0.1, 0.15) is 6.04 Å². The van der Waals surface area contributed by atoms with Crippen LogP contribution in [0.4, 0.5) is 0 Å². The van der Waals surface area contributed by atoms with Crippen molar-refractivity contribution in [1.82, 2.24) is 4.90 Å². The molecule has 1 aliphatic heterocycles. The molecule has 1 saturated heterocycles. The van der Waals surface area contributed by atoms with Gasteiger partial charge in [-0.25, -0.2) is 0 Å². The van der Waals surface area contributed by atoms with Crippen molar-refractivity contribution in [3.8, 4) is 0 Å². The summed E-state index contributed by atoms with van der Waals surface area (Å²) in [6, 6.07) is -1.05. The summed E-state index contributed by atoms with van der Waals surface area (Å²) in [6.45, 7) is -0.288. The third kappa shape index (κ3) is 3.42. The van der Waals surface area contributed by atoms with E-state index in [1.807, 2.05) is 0 Å². The average Bonchev–Trinajstić information content (AvgIpc) is 2.53. The van der Waals surface area contributed by atoms with Crippen LogP contribution in [0.15, 0.2) is 0 Å². The number of carbonyl (C=O) groups excluding carboxylic acids is 2. The average molecular weight is 262 g/mol. The standard InChI is InChI=1S/C9H14N2O5S/c10-5(9(15)16)4-17-6-3-7(13)11(1-2-12)8(6)14/h5-6,12H,1-4,10H2,(H,15,16). The van der Waals surface area contributed by atoms with Crippen LogP contribution in [0.3, 0.4) is 0 Å². The molecule has 4 N–H and O–H groups in total. The minimum Gasteiger partial charge on any atom is -0.480 e. The topological polar surface area (TPSA) is 121 Å². The first-order chi connectivity index (χ1) is 7.97. The molecule has 0 spiro atoms. The highest BCUT2D eigenvalue weighted by molar-refractivity contribution is 8.00. The van der Waals surface area contributed by atoms with Gasteiger partial charge in [-0.05, 0) is 0 Å². The first kappa shape index (κ1) is 13.9. The predicted octanol–water partition coefficient (Wildman–Crippen LogP) is -1.75. The third-order valence-electron chi connectivity index (χ3n) is 2.32. The molecule has 8 heteroatoms. The lowest BCUT2D eigenvalue weighted by molar-refractivity contribution is -0.139. The van der Waals surface area contributed by atoms with Gasteiger partial charge in [0.15, 0.2) is 0 Å². The van der Waals surface area contributed by atoms with Crippen LogP contribution in [-0.4, -0.2) is 63.1 Å². The van der Waals surface area contributed by atoms with E-state index in [1.165, 1.54) is 0 Å². The molecule has 0 aromatic heterocycles. The number of nitrogens with zero attached hydrogens (tertiary/aromatic N) is 1. The van der Waals surface area contributed by atoms with Crippen LogP contribution in [0.2, 0.25) is 0 Å². The maximum atomic E-state index is 11.7. The summed E-state index contributed by atoms with van der Waals surface area (Å²) >= 11 is 1.06. The molecule has 1 aliphatic rings. The number of hydrogen-bond acceptors (Lipinski definition) is 6. The summed E-state index contributed by atoms with van der Waals surface area (Å²) in [4.78, 5) is 34.5. The molecule has 2 amide bonds. The molecule has 7 nitrogen and oxygen atoms in total. The Bertz CT molecular complexity index is 335. The van der Waals surface area contributed by atoms with Crippen LogP contribution in [-0.2, 0) is 14.4 Å². The van der Waals surface area contributed by atoms with Crippen LogP contribution in [0.1, 0.15) is 6.42 Å². The molecule has 0 aliphatic carbocycles. The highest BCUT2D eigenvalue weighted by atomic mass is 32.2. The van der Waals surface area contributed by atoms with Gasteiger partial charge in [-0.3, -0.25) is 19.3 Å². The zero-order chi connectivity index (χ0) is 13.0. The smallest absolute Gasteiger partial charge is 0.321 e. The van der Waals surface area contributed by atoms with E-state index >= 15 is 0 Å². The van der Waals surface area contributed by atoms with E-state index in [2.05, 4.69) is 0 Å². The second kappa shape index (κ2) is 5.99. The summed E-state index contributed by atoms with van der Waals surface area (Å²) < 4.78 is 0. The number of aliphatic hydroxyl groups is 1. The highest BCUT2D eigenvalue weighted by Crippen LogP contribution is 2.25. The number of amides is 2. The fourth-order valence-corrected chi connectivity index (χ4v) is 2.52. The summed E-state index contributed by atoms with van der Waals surface area (Å²) in [7, 11) is 0. The Labute approximate surface area is 102 Å². The van der Waals surface area contributed by atoms with Gasteiger partial charge in [-0.2, -0.15) is 0 Å². The van der Waals surface area contributed by atoms with E-state index in [-0.39, 0.29) is 37.1 Å². The van der Waals surface area contributed by atoms with E-state index < -0.39 is 17.3 Å². The Morgan fingerprint density at radius 2 is 2.24 bits per heavy atom. The number of carboxylic acids is 1. The summed E-state index contributed by atoms with van der Waals surface area (Å²) in [5.74, 6) is -1.79. The largest absolute Gasteiger partial charge is 0.480 e. The SMILES string of the molecule is NC(CSC1CC(=O)N(CCO)C1=O)C(=O)O. The highest BCUT2D eigenvalue weighted by Gasteiger charge is 2.38. The number of aliphatic hydroxyl groups excluding tert-OH is 1. The number of nitrogens with two attached hydrogens (primary N) is 1. The predicted molar refractivity (Wildman–Crippen MR) is 60.3 cm³/mol. The Morgan fingerprint density at radius 1 is 1.59 bits per heavy atom. The van der Waals surface area contributed by atoms with Crippen LogP contribution in [0.25, 0.3) is 0 Å². The van der Waals surface area contributed by atoms with Gasteiger partial charge in [0.2, 0.25) is 11.8 Å². The zero-order valence-corrected chi connectivity index (χ0v) is 9.85. The van der Waals surface area contributed by atoms with Crippen LogP contribution in [0, 0.1) is 0 Å². The quantitative estimate of drug-likeness (QED) is 0.485. The number of hydrogen-bond donors (Lipinski definition) is 3.